The van der Waals surface area contributed by atoms with Crippen molar-refractivity contribution in [2.75, 3.05) is 25.1 Å². The van der Waals surface area contributed by atoms with E-state index in [-0.39, 0.29) is 0 Å². The van der Waals surface area contributed by atoms with E-state index in [2.05, 4.69) is 24.8 Å². The average molecular weight is 221 g/mol. The van der Waals surface area contributed by atoms with Gasteiger partial charge < -0.3 is 9.64 Å². The topological polar surface area (TPSA) is 29.5 Å². The molecule has 0 bridgehead atoms. The highest BCUT2D eigenvalue weighted by atomic mass is 16.5. The van der Waals surface area contributed by atoms with Crippen molar-refractivity contribution in [3.05, 3.63) is 23.3 Å². The third kappa shape index (κ3) is 2.35. The molecule has 1 rings (SSSR count). The molecule has 0 heterocycles. The number of rotatable bonds is 5. The quantitative estimate of drug-likeness (QED) is 0.716. The molecule has 0 N–H and O–H groups in total. The third-order valence-corrected chi connectivity index (χ3v) is 2.75. The predicted molar refractivity (Wildman–Crippen MR) is 66.7 cm³/mol. The minimum Gasteiger partial charge on any atom is -0.496 e. The molecule has 0 aliphatic rings. The first-order chi connectivity index (χ1) is 7.67. The van der Waals surface area contributed by atoms with Crippen molar-refractivity contribution in [1.82, 2.24) is 0 Å². The van der Waals surface area contributed by atoms with Gasteiger partial charge in [-0.15, -0.1) is 0 Å². The minimum absolute atomic E-state index is 0.615. The van der Waals surface area contributed by atoms with Gasteiger partial charge in [-0.25, -0.2) is 0 Å². The smallest absolute Gasteiger partial charge is 0.153 e. The Bertz CT molecular complexity index is 370. The Morgan fingerprint density at radius 1 is 1.31 bits per heavy atom. The maximum Gasteiger partial charge on any atom is 0.153 e. The van der Waals surface area contributed by atoms with E-state index in [1.54, 1.807) is 7.11 Å². The molecule has 0 atom stereocenters. The molecule has 3 heteroatoms. The first-order valence-electron chi connectivity index (χ1n) is 5.56. The number of benzene rings is 1. The second-order valence-corrected chi connectivity index (χ2v) is 3.68. The highest BCUT2D eigenvalue weighted by molar-refractivity contribution is 5.82. The van der Waals surface area contributed by atoms with Crippen LogP contribution in [-0.4, -0.2) is 26.5 Å². The van der Waals surface area contributed by atoms with Crippen molar-refractivity contribution < 1.29 is 9.53 Å². The van der Waals surface area contributed by atoms with Crippen LogP contribution >= 0.6 is 0 Å². The Morgan fingerprint density at radius 3 is 2.38 bits per heavy atom. The van der Waals surface area contributed by atoms with Crippen LogP contribution < -0.4 is 9.64 Å². The molecule has 0 fully saturated rings. The van der Waals surface area contributed by atoms with Crippen molar-refractivity contribution >= 4 is 12.0 Å². The van der Waals surface area contributed by atoms with Crippen molar-refractivity contribution in [1.29, 1.82) is 0 Å². The van der Waals surface area contributed by atoms with Gasteiger partial charge in [-0.3, -0.25) is 4.79 Å². The number of nitrogens with zero attached hydrogens (tertiary/aromatic N) is 1. The SMILES string of the molecule is CCN(CC)c1cc(C)c(OC)c(C=O)c1. The number of aldehydes is 1. The lowest BCUT2D eigenvalue weighted by atomic mass is 10.1. The van der Waals surface area contributed by atoms with Gasteiger partial charge in [-0.05, 0) is 38.5 Å². The molecule has 0 saturated heterocycles. The third-order valence-electron chi connectivity index (χ3n) is 2.75. The van der Waals surface area contributed by atoms with Gasteiger partial charge in [0.15, 0.2) is 6.29 Å². The van der Waals surface area contributed by atoms with Crippen molar-refractivity contribution in [2.45, 2.75) is 20.8 Å². The first-order valence-corrected chi connectivity index (χ1v) is 5.56. The molecule has 0 aliphatic carbocycles. The molecular weight excluding hydrogens is 202 g/mol. The molecule has 0 radical (unpaired) electrons. The van der Waals surface area contributed by atoms with Gasteiger partial charge in [0.25, 0.3) is 0 Å². The van der Waals surface area contributed by atoms with E-state index >= 15 is 0 Å². The number of hydrogen-bond donors (Lipinski definition) is 0. The van der Waals surface area contributed by atoms with Gasteiger partial charge in [0, 0.05) is 18.8 Å². The lowest BCUT2D eigenvalue weighted by Crippen LogP contribution is -2.22. The second-order valence-electron chi connectivity index (χ2n) is 3.68. The summed E-state index contributed by atoms with van der Waals surface area (Å²) in [6.45, 7) is 8.02. The Balaban J connectivity index is 3.24. The lowest BCUT2D eigenvalue weighted by Gasteiger charge is -2.22. The molecule has 1 aromatic rings. The largest absolute Gasteiger partial charge is 0.496 e. The van der Waals surface area contributed by atoms with E-state index in [1.165, 1.54) is 0 Å². The molecule has 0 aliphatic heterocycles. The molecule has 88 valence electrons. The molecule has 16 heavy (non-hydrogen) atoms. The summed E-state index contributed by atoms with van der Waals surface area (Å²) in [5.74, 6) is 0.672. The predicted octanol–water partition coefficient (Wildman–Crippen LogP) is 2.66. The van der Waals surface area contributed by atoms with Crippen LogP contribution in [0.25, 0.3) is 0 Å². The van der Waals surface area contributed by atoms with Gasteiger partial charge >= 0.3 is 0 Å². The maximum absolute atomic E-state index is 11.0. The zero-order chi connectivity index (χ0) is 12.1. The first kappa shape index (κ1) is 12.6. The average Bonchev–Trinajstić information content (AvgIpc) is 2.29. The number of carbonyl (C=O) groups excluding carboxylic acids is 1. The fourth-order valence-electron chi connectivity index (χ4n) is 1.92. The van der Waals surface area contributed by atoms with E-state index < -0.39 is 0 Å². The molecule has 0 unspecified atom stereocenters. The number of aryl methyl sites for hydroxylation is 1. The maximum atomic E-state index is 11.0. The van der Waals surface area contributed by atoms with E-state index in [0.717, 1.165) is 30.6 Å². The molecule has 0 aromatic heterocycles. The Hall–Kier alpha value is -1.51. The lowest BCUT2D eigenvalue weighted by molar-refractivity contribution is 0.112. The van der Waals surface area contributed by atoms with Gasteiger partial charge in [0.05, 0.1) is 12.7 Å². The fourth-order valence-corrected chi connectivity index (χ4v) is 1.92. The number of hydrogen-bond acceptors (Lipinski definition) is 3. The molecule has 3 nitrogen and oxygen atoms in total. The summed E-state index contributed by atoms with van der Waals surface area (Å²) in [6.07, 6.45) is 0.846. The summed E-state index contributed by atoms with van der Waals surface area (Å²) >= 11 is 0. The molecule has 0 saturated carbocycles. The van der Waals surface area contributed by atoms with Crippen LogP contribution in [0, 0.1) is 6.92 Å². The highest BCUT2D eigenvalue weighted by Gasteiger charge is 2.10. The standard InChI is InChI=1S/C13H19NO2/c1-5-14(6-2)12-7-10(3)13(16-4)11(8-12)9-15/h7-9H,5-6H2,1-4H3. The zero-order valence-corrected chi connectivity index (χ0v) is 10.4. The number of anilines is 1. The second kappa shape index (κ2) is 5.54. The zero-order valence-electron chi connectivity index (χ0n) is 10.4. The summed E-state index contributed by atoms with van der Waals surface area (Å²) < 4.78 is 5.22. The summed E-state index contributed by atoms with van der Waals surface area (Å²) in [4.78, 5) is 13.2. The highest BCUT2D eigenvalue weighted by Crippen LogP contribution is 2.28. The van der Waals surface area contributed by atoms with Crippen molar-refractivity contribution in [3.63, 3.8) is 0 Å². The summed E-state index contributed by atoms with van der Waals surface area (Å²) in [6, 6.07) is 3.94. The van der Waals surface area contributed by atoms with Crippen molar-refractivity contribution in [2.24, 2.45) is 0 Å². The molecule has 1 aromatic carbocycles. The Kier molecular flexibility index (Phi) is 4.35. The van der Waals surface area contributed by atoms with E-state index in [4.69, 9.17) is 4.74 Å². The fraction of sp³-hybridized carbons (Fsp3) is 0.462. The minimum atomic E-state index is 0.615. The van der Waals surface area contributed by atoms with Crippen LogP contribution in [0.5, 0.6) is 5.75 Å². The Labute approximate surface area is 97.0 Å². The number of carbonyl (C=O) groups is 1. The van der Waals surface area contributed by atoms with E-state index in [1.807, 2.05) is 13.0 Å². The van der Waals surface area contributed by atoms with E-state index in [0.29, 0.717) is 11.3 Å². The van der Waals surface area contributed by atoms with Crippen LogP contribution in [0.15, 0.2) is 12.1 Å². The molecular formula is C13H19NO2. The van der Waals surface area contributed by atoms with Crippen LogP contribution in [0.4, 0.5) is 5.69 Å². The van der Waals surface area contributed by atoms with Crippen LogP contribution in [0.2, 0.25) is 0 Å². The molecule has 0 amide bonds. The van der Waals surface area contributed by atoms with Gasteiger partial charge in [0.1, 0.15) is 5.75 Å². The monoisotopic (exact) mass is 221 g/mol. The number of ether oxygens (including phenoxy) is 1. The summed E-state index contributed by atoms with van der Waals surface area (Å²) in [5.41, 5.74) is 2.68. The summed E-state index contributed by atoms with van der Waals surface area (Å²) in [7, 11) is 1.59. The van der Waals surface area contributed by atoms with E-state index in [9.17, 15) is 4.79 Å². The van der Waals surface area contributed by atoms with Gasteiger partial charge in [-0.1, -0.05) is 0 Å². The van der Waals surface area contributed by atoms with Gasteiger partial charge in [0.2, 0.25) is 0 Å². The van der Waals surface area contributed by atoms with Crippen LogP contribution in [0.3, 0.4) is 0 Å². The van der Waals surface area contributed by atoms with Crippen LogP contribution in [-0.2, 0) is 0 Å². The van der Waals surface area contributed by atoms with Crippen molar-refractivity contribution in [3.8, 4) is 5.75 Å². The molecule has 0 spiro atoms. The number of methoxy groups -OCH3 is 1. The normalized spacial score (nSPS) is 10.0. The van der Waals surface area contributed by atoms with Gasteiger partial charge in [-0.2, -0.15) is 0 Å². The Morgan fingerprint density at radius 2 is 1.94 bits per heavy atom. The van der Waals surface area contributed by atoms with Crippen LogP contribution in [0.1, 0.15) is 29.8 Å². The summed E-state index contributed by atoms with van der Waals surface area (Å²) in [5, 5.41) is 0.